The van der Waals surface area contributed by atoms with Gasteiger partial charge in [0.05, 0.1) is 12.2 Å². The molecule has 0 spiro atoms. The van der Waals surface area contributed by atoms with Gasteiger partial charge in [-0.3, -0.25) is 4.79 Å². The van der Waals surface area contributed by atoms with Crippen molar-refractivity contribution in [2.75, 3.05) is 7.11 Å². The summed E-state index contributed by atoms with van der Waals surface area (Å²) in [7, 11) is 1.54. The van der Waals surface area contributed by atoms with Crippen LogP contribution in [-0.2, 0) is 19.0 Å². The molecule has 2 heterocycles. The van der Waals surface area contributed by atoms with E-state index < -0.39 is 29.5 Å². The molecule has 178 valence electrons. The highest BCUT2D eigenvalue weighted by atomic mass is 16.6. The predicted molar refractivity (Wildman–Crippen MR) is 118 cm³/mol. The highest BCUT2D eigenvalue weighted by Gasteiger charge is 2.63. The van der Waals surface area contributed by atoms with Crippen LogP contribution in [0.3, 0.4) is 0 Å². The molecular weight excluding hydrogens is 396 g/mol. The molecule has 1 aliphatic carbocycles. The molecule has 3 rings (SSSR count). The Kier molecular flexibility index (Phi) is 7.27. The van der Waals surface area contributed by atoms with Crippen molar-refractivity contribution in [1.29, 1.82) is 0 Å². The van der Waals surface area contributed by atoms with Crippen LogP contribution < -0.4 is 0 Å². The minimum Gasteiger partial charge on any atom is -0.457 e. The molecule has 0 aromatic carbocycles. The van der Waals surface area contributed by atoms with Gasteiger partial charge in [-0.25, -0.2) is 0 Å². The number of fused-ring (bicyclic) bond motifs is 5. The summed E-state index contributed by atoms with van der Waals surface area (Å²) in [5.41, 5.74) is -1.31. The van der Waals surface area contributed by atoms with E-state index in [1.807, 2.05) is 13.8 Å². The Balaban J connectivity index is 2.11. The molecule has 2 bridgehead atoms. The largest absolute Gasteiger partial charge is 0.457 e. The van der Waals surface area contributed by atoms with Crippen LogP contribution in [0.1, 0.15) is 73.1 Å². The van der Waals surface area contributed by atoms with Crippen LogP contribution in [0, 0.1) is 23.7 Å². The van der Waals surface area contributed by atoms with Gasteiger partial charge in [-0.2, -0.15) is 0 Å². The average Bonchev–Trinajstić information content (AvgIpc) is 3.09. The van der Waals surface area contributed by atoms with E-state index in [4.69, 9.17) is 14.2 Å². The molecule has 0 aromatic heterocycles. The highest BCUT2D eigenvalue weighted by molar-refractivity contribution is 5.69. The van der Waals surface area contributed by atoms with Crippen LogP contribution in [0.4, 0.5) is 0 Å². The summed E-state index contributed by atoms with van der Waals surface area (Å²) < 4.78 is 18.4. The first kappa shape index (κ1) is 24.7. The van der Waals surface area contributed by atoms with Crippen LogP contribution in [0.5, 0.6) is 0 Å². The minimum absolute atomic E-state index is 0.0789. The number of methoxy groups -OCH3 is 1. The maximum atomic E-state index is 12.6. The molecule has 2 aliphatic heterocycles. The summed E-state index contributed by atoms with van der Waals surface area (Å²) in [4.78, 5) is 12.6. The van der Waals surface area contributed by atoms with Crippen molar-refractivity contribution < 1.29 is 29.2 Å². The second-order valence-electron chi connectivity index (χ2n) is 10.7. The monoisotopic (exact) mass is 438 g/mol. The standard InChI is InChI=1S/C25H42O6/c1-8-9-18(26)31-24(5)13-12-17(29-7)25(6,28)22(27)21-19-15(4)10-11-16(14(2)3)20(19)23(24)30-21/h14,16-17,19-23,27-28H,4,8-13H2,1-3,5-7H3/t16-,17+,19+,20-,21+,22+,23-,24-,25-/m1/s1. The van der Waals surface area contributed by atoms with Gasteiger partial charge in [-0.1, -0.05) is 32.9 Å². The van der Waals surface area contributed by atoms with Crippen molar-refractivity contribution in [2.45, 2.75) is 109 Å². The molecule has 9 atom stereocenters. The zero-order valence-electron chi connectivity index (χ0n) is 20.1. The van der Waals surface area contributed by atoms with Crippen LogP contribution in [0.2, 0.25) is 0 Å². The minimum atomic E-state index is -1.50. The van der Waals surface area contributed by atoms with Crippen molar-refractivity contribution in [3.8, 4) is 0 Å². The third-order valence-electron chi connectivity index (χ3n) is 8.20. The Morgan fingerprint density at radius 1 is 1.32 bits per heavy atom. The Hall–Kier alpha value is -0.950. The number of carbonyl (C=O) groups is 1. The normalized spacial score (nSPS) is 45.6. The third kappa shape index (κ3) is 4.33. The smallest absolute Gasteiger partial charge is 0.306 e. The molecule has 2 saturated heterocycles. The molecule has 0 aromatic rings. The first-order chi connectivity index (χ1) is 14.5. The fourth-order valence-corrected chi connectivity index (χ4v) is 6.41. The van der Waals surface area contributed by atoms with Gasteiger partial charge in [0.1, 0.15) is 23.4 Å². The van der Waals surface area contributed by atoms with Gasteiger partial charge in [0.25, 0.3) is 0 Å². The molecule has 3 fully saturated rings. The lowest BCUT2D eigenvalue weighted by Crippen LogP contribution is -2.57. The SMILES string of the molecule is C=C1CC[C@H](C(C)C)[C@@H]2[C@H]1[C@@H]1O[C@H]2[C@](C)(OC(=O)CCC)CC[C@H](OC)[C@@](C)(O)[C@H]1O. The van der Waals surface area contributed by atoms with Gasteiger partial charge >= 0.3 is 5.97 Å². The van der Waals surface area contributed by atoms with E-state index in [1.165, 1.54) is 0 Å². The topological polar surface area (TPSA) is 85.2 Å². The number of aliphatic hydroxyl groups is 2. The fraction of sp³-hybridized carbons (Fsp3) is 0.880. The molecular formula is C25H42O6. The molecule has 0 unspecified atom stereocenters. The van der Waals surface area contributed by atoms with Gasteiger partial charge in [0.15, 0.2) is 0 Å². The number of carbonyl (C=O) groups excluding carboxylic acids is 1. The molecule has 31 heavy (non-hydrogen) atoms. The van der Waals surface area contributed by atoms with Crippen LogP contribution >= 0.6 is 0 Å². The van der Waals surface area contributed by atoms with Gasteiger partial charge in [0, 0.05) is 25.4 Å². The second-order valence-corrected chi connectivity index (χ2v) is 10.7. The molecule has 0 radical (unpaired) electrons. The zero-order valence-corrected chi connectivity index (χ0v) is 20.1. The Labute approximate surface area is 187 Å². The molecule has 0 amide bonds. The summed E-state index contributed by atoms with van der Waals surface area (Å²) in [6.45, 7) is 14.3. The number of hydrogen-bond acceptors (Lipinski definition) is 6. The van der Waals surface area contributed by atoms with E-state index in [0.29, 0.717) is 37.5 Å². The van der Waals surface area contributed by atoms with E-state index in [9.17, 15) is 15.0 Å². The highest BCUT2D eigenvalue weighted by Crippen LogP contribution is 2.56. The van der Waals surface area contributed by atoms with E-state index in [0.717, 1.165) is 18.4 Å². The lowest BCUT2D eigenvalue weighted by molar-refractivity contribution is -0.192. The number of esters is 1. The van der Waals surface area contributed by atoms with E-state index in [2.05, 4.69) is 20.4 Å². The van der Waals surface area contributed by atoms with Crippen molar-refractivity contribution in [3.05, 3.63) is 12.2 Å². The zero-order chi connectivity index (χ0) is 23.1. The molecule has 6 heteroatoms. The quantitative estimate of drug-likeness (QED) is 0.504. The van der Waals surface area contributed by atoms with E-state index in [1.54, 1.807) is 14.0 Å². The summed E-state index contributed by atoms with van der Waals surface area (Å²) in [6, 6.07) is 0. The van der Waals surface area contributed by atoms with Gasteiger partial charge in [0.2, 0.25) is 0 Å². The summed E-state index contributed by atoms with van der Waals surface area (Å²) in [5.74, 6) is 0.547. The van der Waals surface area contributed by atoms with Crippen molar-refractivity contribution in [2.24, 2.45) is 23.7 Å². The lowest BCUT2D eigenvalue weighted by Gasteiger charge is -2.47. The predicted octanol–water partition coefficient (Wildman–Crippen LogP) is 3.63. The van der Waals surface area contributed by atoms with E-state index in [-0.39, 0.29) is 23.9 Å². The van der Waals surface area contributed by atoms with Crippen molar-refractivity contribution in [3.63, 3.8) is 0 Å². The Morgan fingerprint density at radius 2 is 2.00 bits per heavy atom. The Morgan fingerprint density at radius 3 is 2.58 bits per heavy atom. The van der Waals surface area contributed by atoms with Crippen molar-refractivity contribution >= 4 is 5.97 Å². The fourth-order valence-electron chi connectivity index (χ4n) is 6.41. The molecule has 3 aliphatic rings. The summed E-state index contributed by atoms with van der Waals surface area (Å²) in [6.07, 6.45) is 1.19. The number of rotatable bonds is 5. The first-order valence-electron chi connectivity index (χ1n) is 12.0. The number of hydrogen-bond donors (Lipinski definition) is 2. The second kappa shape index (κ2) is 9.12. The Bertz CT molecular complexity index is 673. The average molecular weight is 439 g/mol. The lowest BCUT2D eigenvalue weighted by atomic mass is 9.60. The van der Waals surface area contributed by atoms with Gasteiger partial charge in [-0.15, -0.1) is 0 Å². The van der Waals surface area contributed by atoms with E-state index >= 15 is 0 Å². The maximum absolute atomic E-state index is 12.6. The van der Waals surface area contributed by atoms with Crippen molar-refractivity contribution in [1.82, 2.24) is 0 Å². The molecule has 1 saturated carbocycles. The van der Waals surface area contributed by atoms with Gasteiger partial charge in [-0.05, 0) is 57.8 Å². The molecule has 6 nitrogen and oxygen atoms in total. The van der Waals surface area contributed by atoms with Crippen LogP contribution in [-0.4, -0.2) is 58.9 Å². The van der Waals surface area contributed by atoms with Crippen LogP contribution in [0.25, 0.3) is 0 Å². The molecule has 2 N–H and O–H groups in total. The maximum Gasteiger partial charge on any atom is 0.306 e. The summed E-state index contributed by atoms with van der Waals surface area (Å²) in [5, 5.41) is 22.7. The first-order valence-corrected chi connectivity index (χ1v) is 12.0. The van der Waals surface area contributed by atoms with Crippen LogP contribution in [0.15, 0.2) is 12.2 Å². The third-order valence-corrected chi connectivity index (χ3v) is 8.20. The van der Waals surface area contributed by atoms with Gasteiger partial charge < -0.3 is 24.4 Å². The number of ether oxygens (including phenoxy) is 3. The number of aliphatic hydroxyl groups excluding tert-OH is 1. The summed E-state index contributed by atoms with van der Waals surface area (Å²) >= 11 is 0.